The smallest absolute Gasteiger partial charge is 0.223 e. The number of amides is 1. The molecule has 26 heavy (non-hydrogen) atoms. The Hall–Kier alpha value is -2.34. The first-order valence-electron chi connectivity index (χ1n) is 8.81. The van der Waals surface area contributed by atoms with E-state index in [4.69, 9.17) is 16.3 Å². The molecule has 0 spiro atoms. The average molecular weight is 375 g/mol. The number of para-hydroxylation sites is 1. The van der Waals surface area contributed by atoms with Crippen molar-refractivity contribution in [2.45, 2.75) is 19.3 Å². The van der Waals surface area contributed by atoms with Gasteiger partial charge in [0.2, 0.25) is 5.91 Å². The molecule has 6 nitrogen and oxygen atoms in total. The van der Waals surface area contributed by atoms with Crippen molar-refractivity contribution in [2.75, 3.05) is 31.6 Å². The number of aromatic nitrogens is 2. The number of methoxy groups -OCH3 is 1. The van der Waals surface area contributed by atoms with E-state index in [0.29, 0.717) is 11.7 Å². The van der Waals surface area contributed by atoms with Crippen molar-refractivity contribution in [1.82, 2.24) is 15.5 Å². The van der Waals surface area contributed by atoms with Crippen LogP contribution in [-0.2, 0) is 11.2 Å². The molecule has 1 amide bonds. The lowest BCUT2D eigenvalue weighted by molar-refractivity contribution is -0.125. The van der Waals surface area contributed by atoms with E-state index in [2.05, 4.69) is 20.4 Å². The third-order valence-electron chi connectivity index (χ3n) is 4.69. The van der Waals surface area contributed by atoms with E-state index in [1.807, 2.05) is 30.3 Å². The summed E-state index contributed by atoms with van der Waals surface area (Å²) in [5.41, 5.74) is 1.10. The fourth-order valence-electron chi connectivity index (χ4n) is 3.22. The van der Waals surface area contributed by atoms with Crippen LogP contribution in [0.3, 0.4) is 0 Å². The van der Waals surface area contributed by atoms with Crippen molar-refractivity contribution in [1.29, 1.82) is 0 Å². The summed E-state index contributed by atoms with van der Waals surface area (Å²) in [5, 5.41) is 11.4. The summed E-state index contributed by atoms with van der Waals surface area (Å²) in [7, 11) is 1.66. The van der Waals surface area contributed by atoms with Gasteiger partial charge in [0.15, 0.2) is 11.0 Å². The molecule has 1 aliphatic heterocycles. The summed E-state index contributed by atoms with van der Waals surface area (Å²) in [6, 6.07) is 11.5. The molecule has 138 valence electrons. The fourth-order valence-corrected chi connectivity index (χ4v) is 3.32. The number of anilines is 1. The van der Waals surface area contributed by atoms with Crippen LogP contribution in [0.15, 0.2) is 36.4 Å². The molecule has 1 fully saturated rings. The Morgan fingerprint density at radius 1 is 1.23 bits per heavy atom. The van der Waals surface area contributed by atoms with Crippen LogP contribution in [0.2, 0.25) is 5.15 Å². The Morgan fingerprint density at radius 2 is 2.00 bits per heavy atom. The fraction of sp³-hybridized carbons (Fsp3) is 0.421. The zero-order valence-corrected chi connectivity index (χ0v) is 15.6. The molecule has 0 aliphatic carbocycles. The molecule has 1 aromatic carbocycles. The number of rotatable bonds is 6. The van der Waals surface area contributed by atoms with Gasteiger partial charge in [0.05, 0.1) is 7.11 Å². The highest BCUT2D eigenvalue weighted by atomic mass is 35.5. The van der Waals surface area contributed by atoms with Gasteiger partial charge in [-0.05, 0) is 43.0 Å². The van der Waals surface area contributed by atoms with Gasteiger partial charge in [-0.2, -0.15) is 0 Å². The molecule has 0 unspecified atom stereocenters. The third kappa shape index (κ3) is 4.64. The van der Waals surface area contributed by atoms with E-state index in [0.717, 1.165) is 49.5 Å². The first-order valence-corrected chi connectivity index (χ1v) is 9.19. The number of halogens is 1. The van der Waals surface area contributed by atoms with Gasteiger partial charge in [0.1, 0.15) is 5.75 Å². The van der Waals surface area contributed by atoms with Crippen LogP contribution in [0.1, 0.15) is 18.4 Å². The molecule has 0 atom stereocenters. The Bertz CT molecular complexity index is 731. The summed E-state index contributed by atoms with van der Waals surface area (Å²) in [4.78, 5) is 14.6. The van der Waals surface area contributed by atoms with Crippen LogP contribution in [0, 0.1) is 5.92 Å². The quantitative estimate of drug-likeness (QED) is 0.842. The van der Waals surface area contributed by atoms with E-state index < -0.39 is 0 Å². The molecule has 1 saturated heterocycles. The van der Waals surface area contributed by atoms with E-state index in [9.17, 15) is 4.79 Å². The summed E-state index contributed by atoms with van der Waals surface area (Å²) >= 11 is 5.77. The Balaban J connectivity index is 1.44. The van der Waals surface area contributed by atoms with Gasteiger partial charge in [-0.1, -0.05) is 29.8 Å². The molecule has 0 bridgehead atoms. The number of carbonyl (C=O) groups excluding carboxylic acids is 1. The van der Waals surface area contributed by atoms with Crippen LogP contribution in [0.25, 0.3) is 0 Å². The minimum Gasteiger partial charge on any atom is -0.496 e. The Kier molecular flexibility index (Phi) is 6.28. The van der Waals surface area contributed by atoms with E-state index in [1.54, 1.807) is 13.2 Å². The molecule has 0 saturated carbocycles. The lowest BCUT2D eigenvalue weighted by Crippen LogP contribution is -2.41. The maximum atomic E-state index is 12.4. The average Bonchev–Trinajstić information content (AvgIpc) is 2.69. The predicted octanol–water partition coefficient (Wildman–Crippen LogP) is 2.71. The van der Waals surface area contributed by atoms with Crippen LogP contribution < -0.4 is 15.0 Å². The minimum absolute atomic E-state index is 0.0455. The van der Waals surface area contributed by atoms with Crippen molar-refractivity contribution in [3.63, 3.8) is 0 Å². The molecule has 0 radical (unpaired) electrons. The standard InChI is InChI=1S/C19H23ClN4O2/c1-26-16-5-3-2-4-14(16)8-11-21-19(25)15-9-12-24(13-10-15)18-7-6-17(20)22-23-18/h2-7,15H,8-13H2,1H3,(H,21,25). The molecule has 1 aromatic heterocycles. The number of hydrogen-bond acceptors (Lipinski definition) is 5. The molecular formula is C19H23ClN4O2. The van der Waals surface area contributed by atoms with Crippen LogP contribution in [0.5, 0.6) is 5.75 Å². The van der Waals surface area contributed by atoms with Crippen LogP contribution >= 0.6 is 11.6 Å². The molecule has 2 heterocycles. The lowest BCUT2D eigenvalue weighted by atomic mass is 9.96. The Morgan fingerprint density at radius 3 is 2.69 bits per heavy atom. The molecule has 1 aliphatic rings. The SMILES string of the molecule is COc1ccccc1CCNC(=O)C1CCN(c2ccc(Cl)nn2)CC1. The minimum atomic E-state index is 0.0455. The maximum absolute atomic E-state index is 12.4. The summed E-state index contributed by atoms with van der Waals surface area (Å²) < 4.78 is 5.34. The number of piperidine rings is 1. The normalized spacial score (nSPS) is 14.9. The molecule has 2 aromatic rings. The number of ether oxygens (including phenoxy) is 1. The van der Waals surface area contributed by atoms with Gasteiger partial charge >= 0.3 is 0 Å². The van der Waals surface area contributed by atoms with Gasteiger partial charge in [0, 0.05) is 25.6 Å². The molecule has 1 N–H and O–H groups in total. The van der Waals surface area contributed by atoms with Crippen molar-refractivity contribution < 1.29 is 9.53 Å². The van der Waals surface area contributed by atoms with Gasteiger partial charge in [-0.25, -0.2) is 0 Å². The topological polar surface area (TPSA) is 67.3 Å². The summed E-state index contributed by atoms with van der Waals surface area (Å²) in [6.07, 6.45) is 2.38. The van der Waals surface area contributed by atoms with Gasteiger partial charge in [-0.15, -0.1) is 10.2 Å². The molecular weight excluding hydrogens is 352 g/mol. The molecule has 7 heteroatoms. The molecule has 3 rings (SSSR count). The van der Waals surface area contributed by atoms with Gasteiger partial charge in [0.25, 0.3) is 0 Å². The monoisotopic (exact) mass is 374 g/mol. The number of nitrogens with one attached hydrogen (secondary N) is 1. The lowest BCUT2D eigenvalue weighted by Gasteiger charge is -2.31. The van der Waals surface area contributed by atoms with Crippen molar-refractivity contribution in [3.05, 3.63) is 47.1 Å². The van der Waals surface area contributed by atoms with E-state index in [1.165, 1.54) is 0 Å². The summed E-state index contributed by atoms with van der Waals surface area (Å²) in [6.45, 7) is 2.20. The second kappa shape index (κ2) is 8.85. The second-order valence-electron chi connectivity index (χ2n) is 6.33. The van der Waals surface area contributed by atoms with Gasteiger partial charge < -0.3 is 15.0 Å². The first kappa shape index (κ1) is 18.5. The predicted molar refractivity (Wildman–Crippen MR) is 102 cm³/mol. The highest BCUT2D eigenvalue weighted by Gasteiger charge is 2.25. The van der Waals surface area contributed by atoms with Crippen molar-refractivity contribution >= 4 is 23.3 Å². The zero-order chi connectivity index (χ0) is 18.4. The van der Waals surface area contributed by atoms with Crippen molar-refractivity contribution in [2.24, 2.45) is 5.92 Å². The van der Waals surface area contributed by atoms with Crippen LogP contribution in [-0.4, -0.2) is 42.8 Å². The maximum Gasteiger partial charge on any atom is 0.223 e. The highest BCUT2D eigenvalue weighted by molar-refractivity contribution is 6.29. The number of carbonyl (C=O) groups is 1. The number of benzene rings is 1. The number of nitrogens with zero attached hydrogens (tertiary/aromatic N) is 3. The third-order valence-corrected chi connectivity index (χ3v) is 4.90. The summed E-state index contributed by atoms with van der Waals surface area (Å²) in [5.74, 6) is 1.84. The number of hydrogen-bond donors (Lipinski definition) is 1. The van der Waals surface area contributed by atoms with Crippen molar-refractivity contribution in [3.8, 4) is 5.75 Å². The highest BCUT2D eigenvalue weighted by Crippen LogP contribution is 2.22. The van der Waals surface area contributed by atoms with Gasteiger partial charge in [-0.3, -0.25) is 4.79 Å². The Labute approximate surface area is 158 Å². The van der Waals surface area contributed by atoms with E-state index >= 15 is 0 Å². The first-order chi connectivity index (χ1) is 12.7. The zero-order valence-electron chi connectivity index (χ0n) is 14.8. The van der Waals surface area contributed by atoms with Crippen LogP contribution in [0.4, 0.5) is 5.82 Å². The second-order valence-corrected chi connectivity index (χ2v) is 6.72. The van der Waals surface area contributed by atoms with E-state index in [-0.39, 0.29) is 11.8 Å². The largest absolute Gasteiger partial charge is 0.496 e.